The van der Waals surface area contributed by atoms with Crippen molar-refractivity contribution < 1.29 is 14.0 Å². The second kappa shape index (κ2) is 9.47. The van der Waals surface area contributed by atoms with Gasteiger partial charge in [0.25, 0.3) is 0 Å². The maximum absolute atomic E-state index is 14.0. The van der Waals surface area contributed by atoms with Crippen LogP contribution in [-0.4, -0.2) is 62.0 Å². The molecular weight excluding hydrogens is 395 g/mol. The summed E-state index contributed by atoms with van der Waals surface area (Å²) < 4.78 is 14.0. The number of nitrogens with zero attached hydrogens (tertiary/aromatic N) is 3. The van der Waals surface area contributed by atoms with Gasteiger partial charge in [-0.25, -0.2) is 4.39 Å². The Kier molecular flexibility index (Phi) is 6.51. The van der Waals surface area contributed by atoms with Crippen LogP contribution in [0.4, 0.5) is 15.8 Å². The third-order valence-electron chi connectivity index (χ3n) is 6.13. The minimum Gasteiger partial charge on any atom is -0.367 e. The molecule has 2 aromatic carbocycles. The molecule has 0 aromatic heterocycles. The number of benzene rings is 2. The van der Waals surface area contributed by atoms with Crippen molar-refractivity contribution in [3.63, 3.8) is 0 Å². The summed E-state index contributed by atoms with van der Waals surface area (Å²) in [5.41, 5.74) is 2.54. The van der Waals surface area contributed by atoms with Crippen LogP contribution in [-0.2, 0) is 16.0 Å². The molecule has 2 heterocycles. The molecule has 7 heteroatoms. The van der Waals surface area contributed by atoms with Crippen LogP contribution in [0.5, 0.6) is 0 Å². The molecule has 0 aliphatic carbocycles. The Morgan fingerprint density at radius 3 is 2.39 bits per heavy atom. The minimum atomic E-state index is -0.473. The Hall–Kier alpha value is -2.93. The number of nitrogens with one attached hydrogen (secondary N) is 1. The smallest absolute Gasteiger partial charge is 0.243 e. The van der Waals surface area contributed by atoms with Gasteiger partial charge in [0.15, 0.2) is 0 Å². The normalized spacial score (nSPS) is 18.7. The number of hydrogen-bond donors (Lipinski definition) is 1. The summed E-state index contributed by atoms with van der Waals surface area (Å²) in [4.78, 5) is 30.9. The number of para-hydroxylation sites is 2. The zero-order valence-corrected chi connectivity index (χ0v) is 17.9. The van der Waals surface area contributed by atoms with Gasteiger partial charge in [-0.2, -0.15) is 0 Å². The molecule has 2 aliphatic heterocycles. The minimum absolute atomic E-state index is 0.101. The number of piperazine rings is 1. The van der Waals surface area contributed by atoms with Gasteiger partial charge in [0.1, 0.15) is 11.9 Å². The predicted octanol–water partition coefficient (Wildman–Crippen LogP) is 2.43. The topological polar surface area (TPSA) is 55.9 Å². The van der Waals surface area contributed by atoms with Crippen LogP contribution >= 0.6 is 0 Å². The summed E-state index contributed by atoms with van der Waals surface area (Å²) in [5, 5.41) is 3.01. The van der Waals surface area contributed by atoms with E-state index in [1.807, 2.05) is 36.4 Å². The molecule has 1 atom stereocenters. The van der Waals surface area contributed by atoms with E-state index in [9.17, 15) is 14.0 Å². The third kappa shape index (κ3) is 4.71. The molecule has 1 N–H and O–H groups in total. The molecule has 0 saturated carbocycles. The summed E-state index contributed by atoms with van der Waals surface area (Å²) in [7, 11) is 0. The summed E-state index contributed by atoms with van der Waals surface area (Å²) in [6, 6.07) is 14.1. The van der Waals surface area contributed by atoms with Crippen LogP contribution < -0.4 is 15.1 Å². The fourth-order valence-electron chi connectivity index (χ4n) is 4.54. The number of fused-ring (bicyclic) bond motifs is 1. The zero-order chi connectivity index (χ0) is 21.8. The van der Waals surface area contributed by atoms with Crippen molar-refractivity contribution >= 4 is 23.2 Å². The quantitative estimate of drug-likeness (QED) is 0.724. The highest BCUT2D eigenvalue weighted by Crippen LogP contribution is 2.32. The van der Waals surface area contributed by atoms with Gasteiger partial charge in [0, 0.05) is 51.8 Å². The first kappa shape index (κ1) is 21.3. The van der Waals surface area contributed by atoms with Gasteiger partial charge in [-0.15, -0.1) is 0 Å². The van der Waals surface area contributed by atoms with E-state index >= 15 is 0 Å². The van der Waals surface area contributed by atoms with Gasteiger partial charge in [0.05, 0.1) is 5.69 Å². The summed E-state index contributed by atoms with van der Waals surface area (Å²) >= 11 is 0. The van der Waals surface area contributed by atoms with Gasteiger partial charge in [-0.05, 0) is 36.7 Å². The zero-order valence-electron chi connectivity index (χ0n) is 17.9. The molecule has 0 unspecified atom stereocenters. The van der Waals surface area contributed by atoms with Gasteiger partial charge in [0.2, 0.25) is 11.8 Å². The summed E-state index contributed by atoms with van der Waals surface area (Å²) in [5.74, 6) is -0.388. The van der Waals surface area contributed by atoms with Crippen molar-refractivity contribution in [2.45, 2.75) is 25.8 Å². The first-order chi connectivity index (χ1) is 15.0. The van der Waals surface area contributed by atoms with E-state index in [0.717, 1.165) is 50.4 Å². The van der Waals surface area contributed by atoms with E-state index in [1.54, 1.807) is 11.0 Å². The van der Waals surface area contributed by atoms with Crippen LogP contribution in [0.15, 0.2) is 48.5 Å². The van der Waals surface area contributed by atoms with E-state index in [-0.39, 0.29) is 17.6 Å². The monoisotopic (exact) mass is 424 g/mol. The molecule has 2 amide bonds. The molecule has 164 valence electrons. The number of carbonyl (C=O) groups is 2. The largest absolute Gasteiger partial charge is 0.367 e. The maximum Gasteiger partial charge on any atom is 0.243 e. The molecule has 0 radical (unpaired) electrons. The van der Waals surface area contributed by atoms with Crippen LogP contribution in [0.25, 0.3) is 0 Å². The van der Waals surface area contributed by atoms with Gasteiger partial charge < -0.3 is 10.2 Å². The molecule has 0 bridgehead atoms. The van der Waals surface area contributed by atoms with E-state index < -0.39 is 6.04 Å². The van der Waals surface area contributed by atoms with E-state index in [4.69, 9.17) is 0 Å². The van der Waals surface area contributed by atoms with Crippen molar-refractivity contribution in [2.75, 3.05) is 49.1 Å². The number of halogens is 1. The van der Waals surface area contributed by atoms with Crippen LogP contribution in [0.2, 0.25) is 0 Å². The Labute approximate surface area is 182 Å². The fraction of sp³-hybridized carbons (Fsp3) is 0.417. The van der Waals surface area contributed by atoms with E-state index in [0.29, 0.717) is 18.7 Å². The lowest BCUT2D eigenvalue weighted by atomic mass is 10.1. The predicted molar refractivity (Wildman–Crippen MR) is 120 cm³/mol. The molecule has 6 nitrogen and oxygen atoms in total. The SMILES string of the molecule is CC(=O)N1c2ccccc2C[C@H]1C(=O)NCCCN1CCN(c2ccccc2F)CC1. The van der Waals surface area contributed by atoms with Gasteiger partial charge >= 0.3 is 0 Å². The number of rotatable bonds is 6. The molecule has 4 rings (SSSR count). The highest BCUT2D eigenvalue weighted by Gasteiger charge is 2.36. The third-order valence-corrected chi connectivity index (χ3v) is 6.13. The standard InChI is InChI=1S/C24H29FN4O2/c1-18(30)29-21-9-4-2-7-19(21)17-23(29)24(31)26-11-6-12-27-13-15-28(16-14-27)22-10-5-3-8-20(22)25/h2-5,7-10,23H,6,11-17H2,1H3,(H,26,31)/t23-/m0/s1. The molecule has 2 aromatic rings. The summed E-state index contributed by atoms with van der Waals surface area (Å²) in [6.07, 6.45) is 1.39. The number of amides is 2. The maximum atomic E-state index is 14.0. The lowest BCUT2D eigenvalue weighted by Gasteiger charge is -2.36. The molecular formula is C24H29FN4O2. The van der Waals surface area contributed by atoms with Crippen molar-refractivity contribution in [1.82, 2.24) is 10.2 Å². The lowest BCUT2D eigenvalue weighted by molar-refractivity contribution is -0.125. The van der Waals surface area contributed by atoms with Crippen LogP contribution in [0.3, 0.4) is 0 Å². The van der Waals surface area contributed by atoms with Crippen LogP contribution in [0.1, 0.15) is 18.9 Å². The average Bonchev–Trinajstić information content (AvgIpc) is 3.17. The van der Waals surface area contributed by atoms with Crippen LogP contribution in [0, 0.1) is 5.82 Å². The fourth-order valence-corrected chi connectivity index (χ4v) is 4.54. The molecule has 31 heavy (non-hydrogen) atoms. The molecule has 0 spiro atoms. The van der Waals surface area contributed by atoms with Crippen molar-refractivity contribution in [2.24, 2.45) is 0 Å². The highest BCUT2D eigenvalue weighted by molar-refractivity contribution is 6.02. The Bertz CT molecular complexity index is 943. The van der Waals surface area contributed by atoms with Crippen molar-refractivity contribution in [3.05, 3.63) is 59.9 Å². The Morgan fingerprint density at radius 1 is 1.00 bits per heavy atom. The lowest BCUT2D eigenvalue weighted by Crippen LogP contribution is -2.49. The Morgan fingerprint density at radius 2 is 1.68 bits per heavy atom. The first-order valence-electron chi connectivity index (χ1n) is 10.9. The van der Waals surface area contributed by atoms with Crippen molar-refractivity contribution in [1.29, 1.82) is 0 Å². The molecule has 1 fully saturated rings. The second-order valence-corrected chi connectivity index (χ2v) is 8.16. The van der Waals surface area contributed by atoms with E-state index in [2.05, 4.69) is 15.1 Å². The van der Waals surface area contributed by atoms with Gasteiger partial charge in [-0.1, -0.05) is 30.3 Å². The molecule has 2 aliphatic rings. The van der Waals surface area contributed by atoms with Gasteiger partial charge in [-0.3, -0.25) is 19.4 Å². The average molecular weight is 425 g/mol. The second-order valence-electron chi connectivity index (χ2n) is 8.16. The first-order valence-corrected chi connectivity index (χ1v) is 10.9. The number of carbonyl (C=O) groups excluding carboxylic acids is 2. The Balaban J connectivity index is 1.21. The van der Waals surface area contributed by atoms with E-state index in [1.165, 1.54) is 13.0 Å². The molecule has 1 saturated heterocycles. The van der Waals surface area contributed by atoms with Crippen molar-refractivity contribution in [3.8, 4) is 0 Å². The highest BCUT2D eigenvalue weighted by atomic mass is 19.1. The summed E-state index contributed by atoms with van der Waals surface area (Å²) in [6.45, 7) is 6.29. The number of hydrogen-bond acceptors (Lipinski definition) is 4. The number of anilines is 2.